The van der Waals surface area contributed by atoms with Gasteiger partial charge in [-0.2, -0.15) is 4.89 Å². The maximum Gasteiger partial charge on any atom is 0.529 e. The van der Waals surface area contributed by atoms with E-state index < -0.39 is 19.2 Å². The van der Waals surface area contributed by atoms with Crippen molar-refractivity contribution < 1.29 is 24.1 Å². The third-order valence-corrected chi connectivity index (χ3v) is 4.76. The molecular formula is C13H16O5P+. The number of carboxylic acids is 1. The number of aliphatic carboxylic acids is 1. The van der Waals surface area contributed by atoms with Gasteiger partial charge in [0, 0.05) is 18.6 Å². The molecule has 1 aliphatic rings. The summed E-state index contributed by atoms with van der Waals surface area (Å²) in [7, 11) is -2.91. The molecule has 2 N–H and O–H groups in total. The van der Waals surface area contributed by atoms with Crippen LogP contribution < -0.4 is 0 Å². The van der Waals surface area contributed by atoms with Crippen molar-refractivity contribution in [2.75, 3.05) is 6.61 Å². The monoisotopic (exact) mass is 283 g/mol. The van der Waals surface area contributed by atoms with Gasteiger partial charge >= 0.3 is 19.2 Å². The van der Waals surface area contributed by atoms with Gasteiger partial charge in [0.25, 0.3) is 0 Å². The minimum atomic E-state index is -2.91. The van der Waals surface area contributed by atoms with E-state index in [9.17, 15) is 19.4 Å². The van der Waals surface area contributed by atoms with E-state index >= 15 is 0 Å². The molecule has 1 saturated heterocycles. The van der Waals surface area contributed by atoms with Crippen molar-refractivity contribution >= 4 is 14.0 Å². The first kappa shape index (κ1) is 14.1. The van der Waals surface area contributed by atoms with Crippen LogP contribution in [0.4, 0.5) is 0 Å². The Labute approximate surface area is 112 Å². The zero-order valence-corrected chi connectivity index (χ0v) is 11.3. The Hall–Kier alpha value is -1.29. The van der Waals surface area contributed by atoms with Gasteiger partial charge in [-0.3, -0.25) is 0 Å². The predicted octanol–water partition coefficient (Wildman–Crippen LogP) is 2.27. The Kier molecular flexibility index (Phi) is 4.30. The molecule has 0 amide bonds. The number of hydrogen-bond acceptors (Lipinski definition) is 3. The maximum atomic E-state index is 11.8. The molecule has 1 heterocycles. The van der Waals surface area contributed by atoms with E-state index in [1.165, 1.54) is 0 Å². The average molecular weight is 283 g/mol. The maximum absolute atomic E-state index is 11.8. The lowest BCUT2D eigenvalue weighted by Gasteiger charge is -2.20. The third kappa shape index (κ3) is 2.68. The van der Waals surface area contributed by atoms with Gasteiger partial charge in [-0.25, -0.2) is 4.79 Å². The molecule has 102 valence electrons. The van der Waals surface area contributed by atoms with E-state index in [-0.39, 0.29) is 12.5 Å². The minimum absolute atomic E-state index is 0.0258. The zero-order chi connectivity index (χ0) is 13.9. The largest absolute Gasteiger partial charge is 0.529 e. The highest BCUT2D eigenvalue weighted by Gasteiger charge is 2.60. The summed E-state index contributed by atoms with van der Waals surface area (Å²) in [4.78, 5) is 21.3. The van der Waals surface area contributed by atoms with Crippen molar-refractivity contribution in [2.45, 2.75) is 30.5 Å². The number of hydrogen-bond donors (Lipinski definition) is 2. The Bertz CT molecular complexity index is 453. The standard InChI is InChI=1S/C13H15O5P/c14-12(15)13(19(16)17,9-11-7-4-8-18-11)10-5-2-1-3-6-10/h1-3,5-6,11H,4,7-9H2,(H-,14,15,16,17)/p+1. The van der Waals surface area contributed by atoms with Gasteiger partial charge in [0.2, 0.25) is 0 Å². The molecule has 19 heavy (non-hydrogen) atoms. The number of rotatable bonds is 5. The Balaban J connectivity index is 2.41. The molecule has 1 aromatic carbocycles. The van der Waals surface area contributed by atoms with E-state index in [0.717, 1.165) is 12.8 Å². The van der Waals surface area contributed by atoms with Crippen molar-refractivity contribution in [1.82, 2.24) is 0 Å². The van der Waals surface area contributed by atoms with Crippen molar-refractivity contribution in [2.24, 2.45) is 0 Å². The second kappa shape index (κ2) is 5.78. The van der Waals surface area contributed by atoms with Crippen LogP contribution in [-0.4, -0.2) is 28.7 Å². The van der Waals surface area contributed by atoms with Crippen molar-refractivity contribution in [3.63, 3.8) is 0 Å². The van der Waals surface area contributed by atoms with E-state index in [4.69, 9.17) is 4.74 Å². The molecule has 1 fully saturated rings. The summed E-state index contributed by atoms with van der Waals surface area (Å²) in [5.41, 5.74) is 0.349. The second-order valence-electron chi connectivity index (χ2n) is 4.64. The van der Waals surface area contributed by atoms with Crippen molar-refractivity contribution in [3.8, 4) is 0 Å². The number of benzene rings is 1. The number of carbonyl (C=O) groups is 1. The Morgan fingerprint density at radius 2 is 2.11 bits per heavy atom. The molecule has 0 spiro atoms. The van der Waals surface area contributed by atoms with Crippen LogP contribution in [-0.2, 0) is 19.3 Å². The van der Waals surface area contributed by atoms with Crippen molar-refractivity contribution in [1.29, 1.82) is 0 Å². The van der Waals surface area contributed by atoms with Crippen LogP contribution >= 0.6 is 8.03 Å². The fourth-order valence-corrected chi connectivity index (χ4v) is 3.34. The van der Waals surface area contributed by atoms with Crippen LogP contribution in [0.3, 0.4) is 0 Å². The molecule has 3 atom stereocenters. The van der Waals surface area contributed by atoms with Crippen LogP contribution in [0, 0.1) is 0 Å². The number of carboxylic acid groups (broad SMARTS) is 1. The van der Waals surface area contributed by atoms with Crippen molar-refractivity contribution in [3.05, 3.63) is 35.9 Å². The second-order valence-corrected chi connectivity index (χ2v) is 5.95. The topological polar surface area (TPSA) is 83.8 Å². The van der Waals surface area contributed by atoms with E-state index in [1.807, 2.05) is 0 Å². The Morgan fingerprint density at radius 3 is 2.58 bits per heavy atom. The van der Waals surface area contributed by atoms with Crippen LogP contribution in [0.25, 0.3) is 0 Å². The summed E-state index contributed by atoms with van der Waals surface area (Å²) < 4.78 is 17.2. The molecule has 1 aliphatic heterocycles. The third-order valence-electron chi connectivity index (χ3n) is 3.48. The predicted molar refractivity (Wildman–Crippen MR) is 69.2 cm³/mol. The summed E-state index contributed by atoms with van der Waals surface area (Å²) >= 11 is 0. The lowest BCUT2D eigenvalue weighted by molar-refractivity contribution is -0.141. The quantitative estimate of drug-likeness (QED) is 0.810. The molecule has 1 aromatic rings. The Morgan fingerprint density at radius 1 is 1.42 bits per heavy atom. The van der Waals surface area contributed by atoms with E-state index in [2.05, 4.69) is 0 Å². The fraction of sp³-hybridized carbons (Fsp3) is 0.462. The average Bonchev–Trinajstić information content (AvgIpc) is 2.89. The molecule has 2 rings (SSSR count). The molecule has 3 unspecified atom stereocenters. The van der Waals surface area contributed by atoms with Gasteiger partial charge in [0.1, 0.15) is 0 Å². The van der Waals surface area contributed by atoms with Crippen LogP contribution in [0.1, 0.15) is 24.8 Å². The smallest absolute Gasteiger partial charge is 0.477 e. The highest BCUT2D eigenvalue weighted by molar-refractivity contribution is 7.41. The van der Waals surface area contributed by atoms with E-state index in [0.29, 0.717) is 12.2 Å². The van der Waals surface area contributed by atoms with Crippen LogP contribution in [0.5, 0.6) is 0 Å². The summed E-state index contributed by atoms with van der Waals surface area (Å²) in [6.45, 7) is 0.581. The molecule has 6 heteroatoms. The normalized spacial score (nSPS) is 22.8. The fourth-order valence-electron chi connectivity index (χ4n) is 2.45. The summed E-state index contributed by atoms with van der Waals surface area (Å²) in [5, 5.41) is 7.72. The van der Waals surface area contributed by atoms with Gasteiger partial charge in [-0.1, -0.05) is 30.3 Å². The first-order valence-electron chi connectivity index (χ1n) is 6.14. The molecule has 0 aliphatic carbocycles. The van der Waals surface area contributed by atoms with Crippen LogP contribution in [0.15, 0.2) is 30.3 Å². The summed E-state index contributed by atoms with van der Waals surface area (Å²) in [5.74, 6) is -1.28. The summed E-state index contributed by atoms with van der Waals surface area (Å²) in [6.07, 6.45) is 1.34. The SMILES string of the molecule is O=C(O)C(CC1CCCO1)(c1ccccc1)[P+](=O)O. The molecule has 0 radical (unpaired) electrons. The van der Waals surface area contributed by atoms with Gasteiger partial charge in [0.15, 0.2) is 0 Å². The lowest BCUT2D eigenvalue weighted by atomic mass is 9.91. The lowest BCUT2D eigenvalue weighted by Crippen LogP contribution is -2.36. The zero-order valence-electron chi connectivity index (χ0n) is 10.4. The first-order valence-corrected chi connectivity index (χ1v) is 7.35. The number of ether oxygens (including phenoxy) is 1. The highest BCUT2D eigenvalue weighted by atomic mass is 31.1. The summed E-state index contributed by atoms with van der Waals surface area (Å²) in [6, 6.07) is 8.23. The highest BCUT2D eigenvalue weighted by Crippen LogP contribution is 2.49. The molecular weight excluding hydrogens is 267 g/mol. The van der Waals surface area contributed by atoms with Gasteiger partial charge < -0.3 is 9.84 Å². The van der Waals surface area contributed by atoms with Crippen LogP contribution in [0.2, 0.25) is 0 Å². The minimum Gasteiger partial charge on any atom is -0.477 e. The van der Waals surface area contributed by atoms with E-state index in [1.54, 1.807) is 30.3 Å². The van der Waals surface area contributed by atoms with Gasteiger partial charge in [-0.05, 0) is 17.4 Å². The van der Waals surface area contributed by atoms with Gasteiger partial charge in [-0.15, -0.1) is 0 Å². The molecule has 0 bridgehead atoms. The van der Waals surface area contributed by atoms with Gasteiger partial charge in [0.05, 0.1) is 6.10 Å². The molecule has 5 nitrogen and oxygen atoms in total. The first-order chi connectivity index (χ1) is 9.07. The molecule has 0 saturated carbocycles. The molecule has 0 aromatic heterocycles.